The van der Waals surface area contributed by atoms with Gasteiger partial charge in [0.15, 0.2) is 11.5 Å². The maximum absolute atomic E-state index is 6.34. The summed E-state index contributed by atoms with van der Waals surface area (Å²) in [7, 11) is 0. The Kier molecular flexibility index (Phi) is 3.39. The lowest BCUT2D eigenvalue weighted by Gasteiger charge is -2.17. The first-order valence-corrected chi connectivity index (χ1v) is 7.84. The van der Waals surface area contributed by atoms with Gasteiger partial charge >= 0.3 is 0 Å². The van der Waals surface area contributed by atoms with E-state index in [1.54, 1.807) is 16.9 Å². The van der Waals surface area contributed by atoms with E-state index in [0.717, 1.165) is 31.4 Å². The maximum Gasteiger partial charge on any atom is 0.280 e. The van der Waals surface area contributed by atoms with Crippen LogP contribution in [0.2, 0.25) is 5.02 Å². The molecule has 2 N–H and O–H groups in total. The van der Waals surface area contributed by atoms with Crippen molar-refractivity contribution in [1.82, 2.24) is 25.1 Å². The van der Waals surface area contributed by atoms with Crippen molar-refractivity contribution < 1.29 is 4.52 Å². The molecule has 0 atom stereocenters. The first-order valence-electron chi connectivity index (χ1n) is 7.46. The Balaban J connectivity index is 1.65. The SMILES string of the molecule is NC1(c2noc(-c3cn(-c4ccccc4Cl)nn3)n2)CCCC1. The Hall–Kier alpha value is -2.25. The zero-order valence-electron chi connectivity index (χ0n) is 12.3. The second-order valence-electron chi connectivity index (χ2n) is 5.79. The molecule has 1 saturated carbocycles. The summed E-state index contributed by atoms with van der Waals surface area (Å²) in [5.41, 5.74) is 7.08. The number of halogens is 1. The van der Waals surface area contributed by atoms with Crippen LogP contribution in [0.15, 0.2) is 35.0 Å². The molecule has 0 saturated heterocycles. The average Bonchev–Trinajstić information content (AvgIpc) is 3.27. The third kappa shape index (κ3) is 2.51. The van der Waals surface area contributed by atoms with E-state index in [1.807, 2.05) is 18.2 Å². The second kappa shape index (κ2) is 5.43. The van der Waals surface area contributed by atoms with Crippen LogP contribution in [0, 0.1) is 0 Å². The Morgan fingerprint density at radius 1 is 1.22 bits per heavy atom. The van der Waals surface area contributed by atoms with Gasteiger partial charge in [0.2, 0.25) is 0 Å². The number of nitrogens with two attached hydrogens (primary N) is 1. The van der Waals surface area contributed by atoms with Gasteiger partial charge in [0.1, 0.15) is 0 Å². The normalized spacial score (nSPS) is 16.8. The first-order chi connectivity index (χ1) is 11.2. The lowest BCUT2D eigenvalue weighted by Crippen LogP contribution is -2.34. The van der Waals surface area contributed by atoms with Gasteiger partial charge in [-0.1, -0.05) is 46.9 Å². The molecule has 0 unspecified atom stereocenters. The highest BCUT2D eigenvalue weighted by atomic mass is 35.5. The molecule has 8 heteroatoms. The summed E-state index contributed by atoms with van der Waals surface area (Å²) >= 11 is 6.17. The molecule has 0 amide bonds. The molecule has 23 heavy (non-hydrogen) atoms. The fraction of sp³-hybridized carbons (Fsp3) is 0.333. The fourth-order valence-corrected chi connectivity index (χ4v) is 3.10. The molecule has 4 rings (SSSR count). The van der Waals surface area contributed by atoms with Crippen molar-refractivity contribution in [1.29, 1.82) is 0 Å². The minimum atomic E-state index is -0.486. The van der Waals surface area contributed by atoms with E-state index in [1.165, 1.54) is 0 Å². The summed E-state index contributed by atoms with van der Waals surface area (Å²) < 4.78 is 6.90. The van der Waals surface area contributed by atoms with E-state index in [0.29, 0.717) is 22.4 Å². The quantitative estimate of drug-likeness (QED) is 0.793. The molecule has 7 nitrogen and oxygen atoms in total. The highest BCUT2D eigenvalue weighted by Crippen LogP contribution is 2.35. The number of nitrogens with zero attached hydrogens (tertiary/aromatic N) is 5. The molecule has 2 aromatic heterocycles. The molecule has 0 spiro atoms. The van der Waals surface area contributed by atoms with Gasteiger partial charge in [-0.2, -0.15) is 4.98 Å². The van der Waals surface area contributed by atoms with Crippen molar-refractivity contribution in [3.05, 3.63) is 41.3 Å². The van der Waals surface area contributed by atoms with Gasteiger partial charge < -0.3 is 10.3 Å². The van der Waals surface area contributed by atoms with Gasteiger partial charge in [-0.15, -0.1) is 5.10 Å². The predicted molar refractivity (Wildman–Crippen MR) is 84.0 cm³/mol. The number of aromatic nitrogens is 5. The van der Waals surface area contributed by atoms with Gasteiger partial charge in [0, 0.05) is 0 Å². The molecule has 1 aliphatic rings. The molecule has 1 aliphatic carbocycles. The zero-order chi connectivity index (χ0) is 15.9. The minimum Gasteiger partial charge on any atom is -0.332 e. The van der Waals surface area contributed by atoms with Crippen molar-refractivity contribution in [2.45, 2.75) is 31.2 Å². The van der Waals surface area contributed by atoms with Crippen molar-refractivity contribution in [3.8, 4) is 17.3 Å². The van der Waals surface area contributed by atoms with Gasteiger partial charge in [-0.05, 0) is 25.0 Å². The van der Waals surface area contributed by atoms with E-state index >= 15 is 0 Å². The summed E-state index contributed by atoms with van der Waals surface area (Å²) in [5, 5.41) is 12.8. The fourth-order valence-electron chi connectivity index (χ4n) is 2.88. The number of rotatable bonds is 3. The average molecular weight is 331 g/mol. The molecule has 1 fully saturated rings. The third-order valence-corrected chi connectivity index (χ3v) is 4.50. The largest absolute Gasteiger partial charge is 0.332 e. The minimum absolute atomic E-state index is 0.315. The van der Waals surface area contributed by atoms with Crippen molar-refractivity contribution in [3.63, 3.8) is 0 Å². The Morgan fingerprint density at radius 3 is 2.78 bits per heavy atom. The van der Waals surface area contributed by atoms with E-state index in [4.69, 9.17) is 21.9 Å². The summed E-state index contributed by atoms with van der Waals surface area (Å²) in [4.78, 5) is 4.41. The molecule has 2 heterocycles. The number of hydrogen-bond donors (Lipinski definition) is 1. The van der Waals surface area contributed by atoms with Crippen LogP contribution in [0.25, 0.3) is 17.3 Å². The van der Waals surface area contributed by atoms with Crippen LogP contribution >= 0.6 is 11.6 Å². The number of hydrogen-bond acceptors (Lipinski definition) is 6. The van der Waals surface area contributed by atoms with Gasteiger partial charge in [0.05, 0.1) is 22.4 Å². The number of para-hydroxylation sites is 1. The van der Waals surface area contributed by atoms with Crippen molar-refractivity contribution >= 4 is 11.6 Å². The Morgan fingerprint density at radius 2 is 2.00 bits per heavy atom. The molecule has 0 radical (unpaired) electrons. The molecule has 0 bridgehead atoms. The lowest BCUT2D eigenvalue weighted by molar-refractivity contribution is 0.372. The Labute approximate surface area is 137 Å². The summed E-state index contributed by atoms with van der Waals surface area (Å²) in [6.45, 7) is 0. The summed E-state index contributed by atoms with van der Waals surface area (Å²) in [6, 6.07) is 7.39. The highest BCUT2D eigenvalue weighted by molar-refractivity contribution is 6.32. The molecular formula is C15H15ClN6O. The molecular weight excluding hydrogens is 316 g/mol. The first kappa shape index (κ1) is 14.3. The lowest BCUT2D eigenvalue weighted by atomic mass is 9.99. The van der Waals surface area contributed by atoms with Gasteiger partial charge in [0.25, 0.3) is 5.89 Å². The van der Waals surface area contributed by atoms with Gasteiger partial charge in [-0.25, -0.2) is 4.68 Å². The van der Waals surface area contributed by atoms with Gasteiger partial charge in [-0.3, -0.25) is 0 Å². The highest BCUT2D eigenvalue weighted by Gasteiger charge is 2.36. The summed E-state index contributed by atoms with van der Waals surface area (Å²) in [5.74, 6) is 0.854. The van der Waals surface area contributed by atoms with Crippen LogP contribution in [-0.4, -0.2) is 25.1 Å². The van der Waals surface area contributed by atoms with Crippen LogP contribution < -0.4 is 5.73 Å². The third-order valence-electron chi connectivity index (χ3n) is 4.18. The topological polar surface area (TPSA) is 95.7 Å². The van der Waals surface area contributed by atoms with E-state index in [9.17, 15) is 0 Å². The van der Waals surface area contributed by atoms with Crippen LogP contribution in [0.3, 0.4) is 0 Å². The van der Waals surface area contributed by atoms with Crippen LogP contribution in [-0.2, 0) is 5.54 Å². The van der Waals surface area contributed by atoms with E-state index < -0.39 is 5.54 Å². The van der Waals surface area contributed by atoms with Crippen molar-refractivity contribution in [2.24, 2.45) is 5.73 Å². The summed E-state index contributed by atoms with van der Waals surface area (Å²) in [6.07, 6.45) is 5.62. The molecule has 1 aromatic carbocycles. The maximum atomic E-state index is 6.34. The standard InChI is InChI=1S/C15H15ClN6O/c16-10-5-1-2-6-12(10)22-9-11(19-21-22)13-18-14(20-23-13)15(17)7-3-4-8-15/h1-2,5-6,9H,3-4,7-8,17H2. The Bertz CT molecular complexity index is 836. The number of benzene rings is 1. The van der Waals surface area contributed by atoms with Crippen LogP contribution in [0.5, 0.6) is 0 Å². The smallest absolute Gasteiger partial charge is 0.280 e. The monoisotopic (exact) mass is 330 g/mol. The molecule has 118 valence electrons. The second-order valence-corrected chi connectivity index (χ2v) is 6.19. The van der Waals surface area contributed by atoms with Crippen LogP contribution in [0.1, 0.15) is 31.5 Å². The zero-order valence-corrected chi connectivity index (χ0v) is 13.1. The molecule has 0 aliphatic heterocycles. The predicted octanol–water partition coefficient (Wildman–Crippen LogP) is 2.70. The van der Waals surface area contributed by atoms with Crippen LogP contribution in [0.4, 0.5) is 0 Å². The van der Waals surface area contributed by atoms with E-state index in [-0.39, 0.29) is 0 Å². The molecule has 3 aromatic rings. The van der Waals surface area contributed by atoms with Crippen molar-refractivity contribution in [2.75, 3.05) is 0 Å². The van der Waals surface area contributed by atoms with E-state index in [2.05, 4.69) is 20.5 Å².